The smallest absolute Gasteiger partial charge is 0.342 e. The van der Waals surface area contributed by atoms with E-state index < -0.39 is 24.1 Å². The number of aliphatic hydroxyl groups excluding tert-OH is 2. The summed E-state index contributed by atoms with van der Waals surface area (Å²) in [5.74, 6) is -1.85. The molecule has 0 bridgehead atoms. The summed E-state index contributed by atoms with van der Waals surface area (Å²) in [5.41, 5.74) is 0. The lowest BCUT2D eigenvalue weighted by Gasteiger charge is -2.12. The molecule has 0 spiro atoms. The van der Waals surface area contributed by atoms with Gasteiger partial charge in [0.15, 0.2) is 12.2 Å². The van der Waals surface area contributed by atoms with Crippen LogP contribution in [0.25, 0.3) is 0 Å². The Labute approximate surface area is 255 Å². The minimum atomic E-state index is -1.29. The number of ether oxygens (including phenoxy) is 1. The van der Waals surface area contributed by atoms with Gasteiger partial charge in [-0.25, -0.2) is 9.59 Å². The highest BCUT2D eigenvalue weighted by molar-refractivity contribution is 5.89. The van der Waals surface area contributed by atoms with E-state index in [1.807, 2.05) is 0 Å². The summed E-state index contributed by atoms with van der Waals surface area (Å²) in [6.45, 7) is 4.51. The Bertz CT molecular complexity index is 516. The molecular weight excluding hydrogens is 512 g/mol. The first-order valence-corrected chi connectivity index (χ1v) is 18.1. The second kappa shape index (κ2) is 32.0. The lowest BCUT2D eigenvalue weighted by molar-refractivity contribution is -0.171. The van der Waals surface area contributed by atoms with Crippen molar-refractivity contribution in [3.63, 3.8) is 0 Å². The monoisotopic (exact) mass is 583 g/mol. The average Bonchev–Trinajstić information content (AvgIpc) is 2.97. The molecule has 0 aromatic rings. The van der Waals surface area contributed by atoms with Crippen molar-refractivity contribution in [3.8, 4) is 0 Å². The van der Waals surface area contributed by atoms with Crippen LogP contribution in [0.1, 0.15) is 206 Å². The fraction of sp³-hybridized carbons (Fsp3) is 0.944. The Balaban J connectivity index is 3.54. The zero-order chi connectivity index (χ0) is 30.2. The highest BCUT2D eigenvalue weighted by Gasteiger charge is 2.24. The summed E-state index contributed by atoms with van der Waals surface area (Å²) in [6.07, 6.45) is 33.0. The number of unbranched alkanes of at least 4 members (excludes halogenated alkanes) is 26. The molecule has 0 saturated heterocycles. The summed E-state index contributed by atoms with van der Waals surface area (Å²) in [4.78, 5) is 24.0. The van der Waals surface area contributed by atoms with Crippen molar-refractivity contribution < 1.29 is 24.5 Å². The summed E-state index contributed by atoms with van der Waals surface area (Å²) < 4.78 is 4.74. The largest absolute Gasteiger partial charge is 0.389 e. The van der Waals surface area contributed by atoms with E-state index in [1.165, 1.54) is 141 Å². The highest BCUT2D eigenvalue weighted by atomic mass is 16.6. The molecule has 0 heterocycles. The molecule has 0 amide bonds. The van der Waals surface area contributed by atoms with Gasteiger partial charge in [-0.05, 0) is 12.8 Å². The Morgan fingerprint density at radius 3 is 0.805 bits per heavy atom. The van der Waals surface area contributed by atoms with Crippen LogP contribution in [0.4, 0.5) is 0 Å². The molecule has 0 fully saturated rings. The van der Waals surface area contributed by atoms with Gasteiger partial charge in [-0.15, -0.1) is 0 Å². The number of aliphatic hydroxyl groups is 2. The molecule has 2 N–H and O–H groups in total. The van der Waals surface area contributed by atoms with Gasteiger partial charge in [-0.2, -0.15) is 0 Å². The van der Waals surface area contributed by atoms with Gasteiger partial charge in [-0.3, -0.25) is 0 Å². The van der Waals surface area contributed by atoms with Gasteiger partial charge in [0.1, 0.15) is 0 Å². The maximum atomic E-state index is 12.0. The number of esters is 2. The van der Waals surface area contributed by atoms with Gasteiger partial charge < -0.3 is 14.9 Å². The van der Waals surface area contributed by atoms with Crippen LogP contribution in [0.5, 0.6) is 0 Å². The number of rotatable bonds is 32. The Morgan fingerprint density at radius 1 is 0.390 bits per heavy atom. The lowest BCUT2D eigenvalue weighted by Crippen LogP contribution is -2.31. The summed E-state index contributed by atoms with van der Waals surface area (Å²) >= 11 is 0. The zero-order valence-electron chi connectivity index (χ0n) is 27.5. The van der Waals surface area contributed by atoms with Gasteiger partial charge in [0, 0.05) is 0 Å². The topological polar surface area (TPSA) is 83.8 Å². The molecule has 2 unspecified atom stereocenters. The van der Waals surface area contributed by atoms with E-state index in [9.17, 15) is 19.8 Å². The second-order valence-corrected chi connectivity index (χ2v) is 12.5. The molecule has 5 heteroatoms. The minimum Gasteiger partial charge on any atom is -0.389 e. The van der Waals surface area contributed by atoms with Gasteiger partial charge >= 0.3 is 11.9 Å². The molecule has 0 saturated carbocycles. The van der Waals surface area contributed by atoms with Gasteiger partial charge in [0.05, 0.1) is 0 Å². The van der Waals surface area contributed by atoms with Crippen molar-refractivity contribution in [1.82, 2.24) is 0 Å². The fourth-order valence-corrected chi connectivity index (χ4v) is 5.54. The quantitative estimate of drug-likeness (QED) is 0.0468. The summed E-state index contributed by atoms with van der Waals surface area (Å²) in [7, 11) is 0. The van der Waals surface area contributed by atoms with Crippen molar-refractivity contribution in [2.75, 3.05) is 0 Å². The highest BCUT2D eigenvalue weighted by Crippen LogP contribution is 2.16. The van der Waals surface area contributed by atoms with Crippen molar-refractivity contribution in [2.24, 2.45) is 0 Å². The number of carbonyl (C=O) groups excluding carboxylic acids is 2. The predicted molar refractivity (Wildman–Crippen MR) is 173 cm³/mol. The minimum absolute atomic E-state index is 0.305. The van der Waals surface area contributed by atoms with Crippen LogP contribution in [-0.2, 0) is 14.3 Å². The Morgan fingerprint density at radius 2 is 0.585 bits per heavy atom. The predicted octanol–water partition coefficient (Wildman–Crippen LogP) is 10.5. The molecule has 0 rings (SSSR count). The van der Waals surface area contributed by atoms with Gasteiger partial charge in [0.2, 0.25) is 0 Å². The van der Waals surface area contributed by atoms with E-state index in [1.54, 1.807) is 0 Å². The average molecular weight is 583 g/mol. The fourth-order valence-electron chi connectivity index (χ4n) is 5.54. The van der Waals surface area contributed by atoms with Crippen LogP contribution in [0.3, 0.4) is 0 Å². The first-order chi connectivity index (χ1) is 20.0. The van der Waals surface area contributed by atoms with Crippen LogP contribution >= 0.6 is 0 Å². The maximum absolute atomic E-state index is 12.0. The second-order valence-electron chi connectivity index (χ2n) is 12.5. The number of hydrogen-bond acceptors (Lipinski definition) is 5. The SMILES string of the molecule is CCCCCCCCCCCCCCCCC(O)C(=O)OC(=O)C(O)CCCCCCCCCCCCCCCC. The Kier molecular flexibility index (Phi) is 31.3. The van der Waals surface area contributed by atoms with E-state index >= 15 is 0 Å². The van der Waals surface area contributed by atoms with Crippen LogP contribution < -0.4 is 0 Å². The summed E-state index contributed by atoms with van der Waals surface area (Å²) in [5, 5.41) is 20.1. The standard InChI is InChI=1S/C36H70O5/c1-3-5-7-9-11-13-15-17-19-21-23-25-27-29-31-33(37)35(39)41-36(40)34(38)32-30-28-26-24-22-20-18-16-14-12-10-8-6-4-2/h33-34,37-38H,3-32H2,1-2H3. The van der Waals surface area contributed by atoms with Crippen molar-refractivity contribution >= 4 is 11.9 Å². The Hall–Kier alpha value is -0.940. The molecule has 0 aliphatic carbocycles. The molecular formula is C36H70O5. The summed E-state index contributed by atoms with van der Waals surface area (Å²) in [6, 6.07) is 0. The van der Waals surface area contributed by atoms with E-state index in [0.29, 0.717) is 12.8 Å². The molecule has 0 aliphatic heterocycles. The third-order valence-corrected chi connectivity index (χ3v) is 8.41. The normalized spacial score (nSPS) is 12.9. The molecule has 0 aromatic heterocycles. The van der Waals surface area contributed by atoms with Crippen LogP contribution in [0.2, 0.25) is 0 Å². The van der Waals surface area contributed by atoms with E-state index in [2.05, 4.69) is 13.8 Å². The molecule has 0 aliphatic rings. The molecule has 41 heavy (non-hydrogen) atoms. The molecule has 2 atom stereocenters. The van der Waals surface area contributed by atoms with E-state index in [0.717, 1.165) is 38.5 Å². The van der Waals surface area contributed by atoms with Crippen molar-refractivity contribution in [2.45, 2.75) is 219 Å². The van der Waals surface area contributed by atoms with Gasteiger partial charge in [0.25, 0.3) is 0 Å². The maximum Gasteiger partial charge on any atom is 0.342 e. The van der Waals surface area contributed by atoms with Crippen LogP contribution in [-0.4, -0.2) is 34.4 Å². The van der Waals surface area contributed by atoms with Crippen molar-refractivity contribution in [1.29, 1.82) is 0 Å². The van der Waals surface area contributed by atoms with Crippen LogP contribution in [0, 0.1) is 0 Å². The number of hydrogen-bond donors (Lipinski definition) is 2. The van der Waals surface area contributed by atoms with E-state index in [-0.39, 0.29) is 0 Å². The zero-order valence-corrected chi connectivity index (χ0v) is 27.5. The van der Waals surface area contributed by atoms with Gasteiger partial charge in [-0.1, -0.05) is 194 Å². The third-order valence-electron chi connectivity index (χ3n) is 8.41. The first kappa shape index (κ1) is 40.1. The third kappa shape index (κ3) is 28.9. The lowest BCUT2D eigenvalue weighted by atomic mass is 10.0. The van der Waals surface area contributed by atoms with Crippen molar-refractivity contribution in [3.05, 3.63) is 0 Å². The number of carbonyl (C=O) groups is 2. The molecule has 5 nitrogen and oxygen atoms in total. The van der Waals surface area contributed by atoms with E-state index in [4.69, 9.17) is 4.74 Å². The first-order valence-electron chi connectivity index (χ1n) is 18.1. The molecule has 0 radical (unpaired) electrons. The van der Waals surface area contributed by atoms with Crippen LogP contribution in [0.15, 0.2) is 0 Å². The molecule has 0 aromatic carbocycles. The molecule has 244 valence electrons.